The molecule has 0 aromatic carbocycles. The van der Waals surface area contributed by atoms with E-state index in [9.17, 15) is 0 Å². The summed E-state index contributed by atoms with van der Waals surface area (Å²) in [6.45, 7) is 0. The predicted molar refractivity (Wildman–Crippen MR) is 122 cm³/mol. The summed E-state index contributed by atoms with van der Waals surface area (Å²) >= 11 is 0. The third-order valence-corrected chi connectivity index (χ3v) is 5.11. The van der Waals surface area contributed by atoms with Crippen LogP contribution in [0.15, 0.2) is 66.9 Å². The molecule has 32 heavy (non-hydrogen) atoms. The van der Waals surface area contributed by atoms with E-state index in [0.717, 1.165) is 56.1 Å². The average Bonchev–Trinajstić information content (AvgIpc) is 3.53. The first-order chi connectivity index (χ1) is 14.8. The van der Waals surface area contributed by atoms with E-state index in [1.807, 2.05) is 60.8 Å². The van der Waals surface area contributed by atoms with Gasteiger partial charge in [0.25, 0.3) is 0 Å². The molecule has 0 aliphatic carbocycles. The monoisotopic (exact) mass is 511 g/mol. The Hall–Kier alpha value is -2.90. The standard InChI is InChI=1S/C25H17N5.BrH.Sc/c1-2-10-26-24(3-1)23-14-22-13-20-7-6-18(28-20)11-16-4-5-17(27-16)12-19-8-9-21(29-19)15-25(23)30-22;;/h1-15,28,30H;1H;/p-1. The van der Waals surface area contributed by atoms with Crippen molar-refractivity contribution in [2.24, 2.45) is 0 Å². The molecule has 0 unspecified atom stereocenters. The zero-order valence-corrected chi connectivity index (χ0v) is 20.3. The van der Waals surface area contributed by atoms with Crippen LogP contribution in [0.2, 0.25) is 0 Å². The molecule has 7 heteroatoms. The Morgan fingerprint density at radius 2 is 1.25 bits per heavy atom. The van der Waals surface area contributed by atoms with Crippen LogP contribution in [-0.2, 0) is 25.8 Å². The van der Waals surface area contributed by atoms with Crippen molar-refractivity contribution in [3.63, 3.8) is 0 Å². The Labute approximate surface area is 214 Å². The van der Waals surface area contributed by atoms with Gasteiger partial charge in [-0.15, -0.1) is 0 Å². The van der Waals surface area contributed by atoms with Gasteiger partial charge in [-0.2, -0.15) is 0 Å². The number of aromatic nitrogens is 5. The van der Waals surface area contributed by atoms with E-state index in [0.29, 0.717) is 0 Å². The Balaban J connectivity index is 0.00000122. The Kier molecular flexibility index (Phi) is 6.48. The van der Waals surface area contributed by atoms with Crippen LogP contribution in [-0.4, -0.2) is 24.9 Å². The van der Waals surface area contributed by atoms with Crippen molar-refractivity contribution in [1.29, 1.82) is 0 Å². The maximum Gasteiger partial charge on any atom is 0.0723 e. The fourth-order valence-corrected chi connectivity index (χ4v) is 3.75. The summed E-state index contributed by atoms with van der Waals surface area (Å²) in [5.74, 6) is 0. The summed E-state index contributed by atoms with van der Waals surface area (Å²) in [4.78, 5) is 20.9. The number of rotatable bonds is 1. The molecule has 8 bridgehead atoms. The van der Waals surface area contributed by atoms with E-state index in [1.165, 1.54) is 0 Å². The van der Waals surface area contributed by atoms with Crippen LogP contribution >= 0.6 is 0 Å². The quantitative estimate of drug-likeness (QED) is 0.356. The van der Waals surface area contributed by atoms with Crippen molar-refractivity contribution in [1.82, 2.24) is 24.9 Å². The zero-order chi connectivity index (χ0) is 19.9. The van der Waals surface area contributed by atoms with Crippen molar-refractivity contribution < 1.29 is 42.8 Å². The van der Waals surface area contributed by atoms with Gasteiger partial charge in [0.05, 0.1) is 34.0 Å². The molecular weight excluding hydrogens is 495 g/mol. The van der Waals surface area contributed by atoms with Gasteiger partial charge < -0.3 is 26.9 Å². The van der Waals surface area contributed by atoms with Gasteiger partial charge in [0.15, 0.2) is 0 Å². The van der Waals surface area contributed by atoms with Gasteiger partial charge >= 0.3 is 0 Å². The van der Waals surface area contributed by atoms with Crippen LogP contribution in [0.3, 0.4) is 0 Å². The summed E-state index contributed by atoms with van der Waals surface area (Å²) < 4.78 is 0. The molecule has 4 aromatic rings. The van der Waals surface area contributed by atoms with E-state index in [1.54, 1.807) is 0 Å². The first-order valence-corrected chi connectivity index (χ1v) is 9.78. The van der Waals surface area contributed by atoms with E-state index in [4.69, 9.17) is 4.98 Å². The fraction of sp³-hybridized carbons (Fsp3) is 0. The summed E-state index contributed by atoms with van der Waals surface area (Å²) in [6, 6.07) is 20.4. The number of halogens is 1. The molecule has 0 spiro atoms. The van der Waals surface area contributed by atoms with E-state index in [-0.39, 0.29) is 42.8 Å². The molecule has 2 N–H and O–H groups in total. The zero-order valence-electron chi connectivity index (χ0n) is 17.0. The first-order valence-electron chi connectivity index (χ1n) is 9.78. The molecule has 0 fully saturated rings. The van der Waals surface area contributed by atoms with Crippen molar-refractivity contribution in [2.75, 3.05) is 0 Å². The summed E-state index contributed by atoms with van der Waals surface area (Å²) in [5.41, 5.74) is 9.54. The molecule has 0 saturated carbocycles. The minimum Gasteiger partial charge on any atom is -1.00 e. The Morgan fingerprint density at radius 3 is 1.94 bits per heavy atom. The largest absolute Gasteiger partial charge is 1.00 e. The molecular formula is C25H17BrN5Sc-. The minimum absolute atomic E-state index is 0. The van der Waals surface area contributed by atoms with E-state index < -0.39 is 0 Å². The van der Waals surface area contributed by atoms with Gasteiger partial charge in [-0.25, -0.2) is 9.97 Å². The first kappa shape index (κ1) is 22.3. The van der Waals surface area contributed by atoms with Gasteiger partial charge in [0.2, 0.25) is 0 Å². The molecule has 2 aliphatic heterocycles. The summed E-state index contributed by atoms with van der Waals surface area (Å²) in [6.07, 6.45) is 9.86. The smallest absolute Gasteiger partial charge is 0.0723 e. The number of nitrogens with zero attached hydrogens (tertiary/aromatic N) is 3. The number of fused-ring (bicyclic) bond motifs is 8. The number of aromatic amines is 2. The van der Waals surface area contributed by atoms with Gasteiger partial charge in [-0.1, -0.05) is 6.07 Å². The second kappa shape index (κ2) is 9.30. The van der Waals surface area contributed by atoms with Crippen molar-refractivity contribution >= 4 is 46.4 Å². The summed E-state index contributed by atoms with van der Waals surface area (Å²) in [7, 11) is 0. The molecule has 6 heterocycles. The predicted octanol–water partition coefficient (Wildman–Crippen LogP) is 2.72. The number of hydrogen-bond acceptors (Lipinski definition) is 3. The second-order valence-electron chi connectivity index (χ2n) is 7.30. The molecule has 5 nitrogen and oxygen atoms in total. The molecule has 0 saturated heterocycles. The number of nitrogens with one attached hydrogen (secondary N) is 2. The van der Waals surface area contributed by atoms with Gasteiger partial charge in [0.1, 0.15) is 0 Å². The normalized spacial score (nSPS) is 11.6. The molecule has 0 amide bonds. The molecule has 4 aromatic heterocycles. The van der Waals surface area contributed by atoms with Crippen molar-refractivity contribution in [3.05, 3.63) is 89.6 Å². The van der Waals surface area contributed by atoms with Gasteiger partial charge in [-0.3, -0.25) is 4.98 Å². The van der Waals surface area contributed by atoms with Crippen LogP contribution in [0.25, 0.3) is 57.6 Å². The van der Waals surface area contributed by atoms with Gasteiger partial charge in [0, 0.05) is 54.2 Å². The topological polar surface area (TPSA) is 70.2 Å². The third-order valence-electron chi connectivity index (χ3n) is 5.11. The minimum atomic E-state index is 0. The number of hydrogen-bond donors (Lipinski definition) is 2. The van der Waals surface area contributed by atoms with Crippen LogP contribution in [0, 0.1) is 0 Å². The molecule has 1 radical (unpaired) electrons. The Bertz CT molecular complexity index is 1500. The molecule has 6 rings (SSSR count). The van der Waals surface area contributed by atoms with Crippen LogP contribution < -0.4 is 17.0 Å². The maximum absolute atomic E-state index is 4.74. The Morgan fingerprint density at radius 1 is 0.594 bits per heavy atom. The molecule has 153 valence electrons. The van der Waals surface area contributed by atoms with E-state index >= 15 is 0 Å². The van der Waals surface area contributed by atoms with Gasteiger partial charge in [-0.05, 0) is 78.9 Å². The van der Waals surface area contributed by atoms with Crippen LogP contribution in [0.4, 0.5) is 0 Å². The molecule has 2 aliphatic rings. The molecule has 0 atom stereocenters. The average molecular weight is 512 g/mol. The summed E-state index contributed by atoms with van der Waals surface area (Å²) in [5, 5.41) is 0. The van der Waals surface area contributed by atoms with Crippen molar-refractivity contribution in [2.45, 2.75) is 0 Å². The third kappa shape index (κ3) is 4.49. The SMILES string of the molecule is C1=Cc2cc3ccc(cc4cc(-c5ccccn5)c(cc5nc(cc1n2)C=C5)[nH]4)[nH]3.[Br-].[Sc]. The van der Waals surface area contributed by atoms with Crippen LogP contribution in [0.5, 0.6) is 0 Å². The van der Waals surface area contributed by atoms with Crippen molar-refractivity contribution in [3.8, 4) is 11.3 Å². The van der Waals surface area contributed by atoms with Crippen LogP contribution in [0.1, 0.15) is 22.8 Å². The second-order valence-corrected chi connectivity index (χ2v) is 7.30. The fourth-order valence-electron chi connectivity index (χ4n) is 3.75. The van der Waals surface area contributed by atoms with E-state index in [2.05, 4.69) is 50.3 Å². The maximum atomic E-state index is 4.74. The number of H-pyrrole nitrogens is 2. The number of pyridine rings is 1.